The highest BCUT2D eigenvalue weighted by atomic mass is 16.5. The van der Waals surface area contributed by atoms with Crippen LogP contribution in [0.25, 0.3) is 0 Å². The highest BCUT2D eigenvalue weighted by molar-refractivity contribution is 5.49. The van der Waals surface area contributed by atoms with E-state index in [1.807, 2.05) is 12.1 Å². The van der Waals surface area contributed by atoms with E-state index in [9.17, 15) is 0 Å². The highest BCUT2D eigenvalue weighted by Gasteiger charge is 2.04. The van der Waals surface area contributed by atoms with Gasteiger partial charge in [-0.2, -0.15) is 10.5 Å². The number of unbranched alkanes of at least 4 members (excludes halogenated alkanes) is 1. The summed E-state index contributed by atoms with van der Waals surface area (Å²) in [6.07, 6.45) is 10.8. The van der Waals surface area contributed by atoms with Crippen LogP contribution < -0.4 is 4.74 Å². The molecule has 1 aromatic rings. The van der Waals surface area contributed by atoms with Crippen LogP contribution in [0.4, 0.5) is 0 Å². The van der Waals surface area contributed by atoms with E-state index in [-0.39, 0.29) is 0 Å². The second-order valence-corrected chi connectivity index (χ2v) is 4.69. The van der Waals surface area contributed by atoms with Crippen molar-refractivity contribution in [2.75, 3.05) is 6.61 Å². The number of ether oxygens (including phenoxy) is 1. The third kappa shape index (κ3) is 3.73. The molecule has 0 aromatic heterocycles. The summed E-state index contributed by atoms with van der Waals surface area (Å²) < 4.78 is 5.62. The van der Waals surface area contributed by atoms with E-state index in [2.05, 4.69) is 18.2 Å². The maximum absolute atomic E-state index is 8.94. The Morgan fingerprint density at radius 3 is 2.65 bits per heavy atom. The number of rotatable bonds is 6. The Kier molecular flexibility index (Phi) is 4.98. The largest absolute Gasteiger partial charge is 0.494 e. The average Bonchev–Trinajstić information content (AvgIpc) is 3.00. The van der Waals surface area contributed by atoms with Gasteiger partial charge in [0.15, 0.2) is 0 Å². The summed E-state index contributed by atoms with van der Waals surface area (Å²) in [4.78, 5) is 0. The van der Waals surface area contributed by atoms with Crippen LogP contribution in [0.1, 0.15) is 36.8 Å². The van der Waals surface area contributed by atoms with E-state index in [1.165, 1.54) is 5.57 Å². The topological polar surface area (TPSA) is 56.8 Å². The summed E-state index contributed by atoms with van der Waals surface area (Å²) in [5, 5.41) is 17.8. The highest BCUT2D eigenvalue weighted by Crippen LogP contribution is 2.19. The third-order valence-corrected chi connectivity index (χ3v) is 3.24. The van der Waals surface area contributed by atoms with Crippen molar-refractivity contribution < 1.29 is 4.74 Å². The molecule has 1 aliphatic rings. The molecule has 0 saturated carbocycles. The first-order chi connectivity index (χ1) is 9.83. The van der Waals surface area contributed by atoms with E-state index in [0.717, 1.165) is 25.7 Å². The van der Waals surface area contributed by atoms with Crippen molar-refractivity contribution in [1.82, 2.24) is 0 Å². The normalized spacial score (nSPS) is 12.6. The van der Waals surface area contributed by atoms with Crippen molar-refractivity contribution in [3.05, 3.63) is 53.1 Å². The van der Waals surface area contributed by atoms with Gasteiger partial charge >= 0.3 is 0 Å². The summed E-state index contributed by atoms with van der Waals surface area (Å²) in [6, 6.07) is 8.99. The van der Waals surface area contributed by atoms with Crippen LogP contribution in [0, 0.1) is 22.7 Å². The number of allylic oxidation sites excluding steroid dienone is 4. The van der Waals surface area contributed by atoms with Crippen LogP contribution in [-0.2, 0) is 0 Å². The second kappa shape index (κ2) is 7.16. The van der Waals surface area contributed by atoms with Crippen molar-refractivity contribution in [3.8, 4) is 17.9 Å². The van der Waals surface area contributed by atoms with Crippen molar-refractivity contribution >= 4 is 0 Å². The zero-order chi connectivity index (χ0) is 14.2. The predicted molar refractivity (Wildman–Crippen MR) is 77.1 cm³/mol. The SMILES string of the molecule is N#Cc1ccc(OCCCCC2=CC=CC2)cc1C#N. The molecule has 3 heteroatoms. The predicted octanol–water partition coefficient (Wildman–Crippen LogP) is 3.87. The lowest BCUT2D eigenvalue weighted by molar-refractivity contribution is 0.306. The molecule has 0 unspecified atom stereocenters. The lowest BCUT2D eigenvalue weighted by Gasteiger charge is -2.07. The zero-order valence-electron chi connectivity index (χ0n) is 11.3. The summed E-state index contributed by atoms with van der Waals surface area (Å²) in [5.74, 6) is 0.655. The third-order valence-electron chi connectivity index (χ3n) is 3.24. The summed E-state index contributed by atoms with van der Waals surface area (Å²) in [7, 11) is 0. The lowest BCUT2D eigenvalue weighted by atomic mass is 10.1. The molecule has 0 heterocycles. The minimum Gasteiger partial charge on any atom is -0.494 e. The fourth-order valence-electron chi connectivity index (χ4n) is 2.12. The molecule has 0 spiro atoms. The smallest absolute Gasteiger partial charge is 0.120 e. The molecule has 1 aromatic carbocycles. The quantitative estimate of drug-likeness (QED) is 0.733. The van der Waals surface area contributed by atoms with Gasteiger partial charge in [-0.1, -0.05) is 23.8 Å². The molecule has 0 bridgehead atoms. The van der Waals surface area contributed by atoms with Crippen LogP contribution in [0.3, 0.4) is 0 Å². The van der Waals surface area contributed by atoms with E-state index >= 15 is 0 Å². The average molecular weight is 264 g/mol. The molecule has 0 fully saturated rings. The fourth-order valence-corrected chi connectivity index (χ4v) is 2.12. The maximum atomic E-state index is 8.94. The summed E-state index contributed by atoms with van der Waals surface area (Å²) in [6.45, 7) is 0.636. The molecule has 3 nitrogen and oxygen atoms in total. The summed E-state index contributed by atoms with van der Waals surface area (Å²) >= 11 is 0. The number of hydrogen-bond acceptors (Lipinski definition) is 3. The molecular formula is C17H16N2O. The Balaban J connectivity index is 1.74. The van der Waals surface area contributed by atoms with Gasteiger partial charge in [0.1, 0.15) is 17.9 Å². The van der Waals surface area contributed by atoms with Crippen LogP contribution >= 0.6 is 0 Å². The molecule has 0 atom stereocenters. The fraction of sp³-hybridized carbons (Fsp3) is 0.294. The second-order valence-electron chi connectivity index (χ2n) is 4.69. The Morgan fingerprint density at radius 2 is 1.95 bits per heavy atom. The van der Waals surface area contributed by atoms with E-state index in [0.29, 0.717) is 23.5 Å². The van der Waals surface area contributed by atoms with E-state index in [1.54, 1.807) is 18.2 Å². The van der Waals surface area contributed by atoms with Gasteiger partial charge in [0.05, 0.1) is 17.7 Å². The van der Waals surface area contributed by atoms with E-state index < -0.39 is 0 Å². The number of nitrogens with zero attached hydrogens (tertiary/aromatic N) is 2. The first-order valence-electron chi connectivity index (χ1n) is 6.75. The molecule has 20 heavy (non-hydrogen) atoms. The molecule has 0 N–H and O–H groups in total. The van der Waals surface area contributed by atoms with Crippen LogP contribution in [0.2, 0.25) is 0 Å². The van der Waals surface area contributed by atoms with Gasteiger partial charge in [-0.3, -0.25) is 0 Å². The van der Waals surface area contributed by atoms with Gasteiger partial charge in [0.25, 0.3) is 0 Å². The molecule has 0 radical (unpaired) electrons. The van der Waals surface area contributed by atoms with E-state index in [4.69, 9.17) is 15.3 Å². The lowest BCUT2D eigenvalue weighted by Crippen LogP contribution is -1.98. The van der Waals surface area contributed by atoms with Gasteiger partial charge in [-0.05, 0) is 43.9 Å². The Bertz CT molecular complexity index is 615. The Morgan fingerprint density at radius 1 is 1.10 bits per heavy atom. The van der Waals surface area contributed by atoms with Crippen molar-refractivity contribution in [2.45, 2.75) is 25.7 Å². The van der Waals surface area contributed by atoms with Gasteiger partial charge in [-0.15, -0.1) is 0 Å². The zero-order valence-corrected chi connectivity index (χ0v) is 11.3. The van der Waals surface area contributed by atoms with Gasteiger partial charge in [0.2, 0.25) is 0 Å². The number of hydrogen-bond donors (Lipinski definition) is 0. The number of benzene rings is 1. The van der Waals surface area contributed by atoms with Crippen LogP contribution in [-0.4, -0.2) is 6.61 Å². The first-order valence-corrected chi connectivity index (χ1v) is 6.75. The number of nitriles is 2. The molecule has 1 aliphatic carbocycles. The standard InChI is InChI=1S/C17H16N2O/c18-12-15-8-9-17(11-16(15)13-19)20-10-4-3-7-14-5-1-2-6-14/h1-2,5,8-9,11H,3-4,6-7,10H2. The first kappa shape index (κ1) is 13.9. The minimum absolute atomic E-state index is 0.368. The molecule has 0 saturated heterocycles. The minimum atomic E-state index is 0.368. The monoisotopic (exact) mass is 264 g/mol. The molecule has 0 amide bonds. The van der Waals surface area contributed by atoms with Crippen LogP contribution in [0.5, 0.6) is 5.75 Å². The summed E-state index contributed by atoms with van der Waals surface area (Å²) in [5.41, 5.74) is 2.24. The molecule has 100 valence electrons. The van der Waals surface area contributed by atoms with Crippen molar-refractivity contribution in [2.24, 2.45) is 0 Å². The van der Waals surface area contributed by atoms with Gasteiger partial charge in [-0.25, -0.2) is 0 Å². The van der Waals surface area contributed by atoms with Crippen molar-refractivity contribution in [3.63, 3.8) is 0 Å². The molecule has 0 aliphatic heterocycles. The Labute approximate surface area is 119 Å². The van der Waals surface area contributed by atoms with Crippen LogP contribution in [0.15, 0.2) is 42.0 Å². The molecular weight excluding hydrogens is 248 g/mol. The Hall–Kier alpha value is -2.52. The van der Waals surface area contributed by atoms with Gasteiger partial charge < -0.3 is 4.74 Å². The van der Waals surface area contributed by atoms with Gasteiger partial charge in [0, 0.05) is 0 Å². The molecule has 2 rings (SSSR count). The maximum Gasteiger partial charge on any atom is 0.120 e. The van der Waals surface area contributed by atoms with Crippen molar-refractivity contribution in [1.29, 1.82) is 10.5 Å².